The van der Waals surface area contributed by atoms with Gasteiger partial charge in [-0.25, -0.2) is 9.97 Å². The Hall–Kier alpha value is -3.70. The maximum atomic E-state index is 6.17. The monoisotopic (exact) mass is 1330 g/mol. The van der Waals surface area contributed by atoms with E-state index in [1.807, 2.05) is 30.3 Å². The van der Waals surface area contributed by atoms with Gasteiger partial charge in [0.05, 0.1) is 71.8 Å². The first-order valence-electron chi connectivity index (χ1n) is 27.9. The molecule has 0 saturated heterocycles. The van der Waals surface area contributed by atoms with Crippen LogP contribution >= 0.6 is 47.8 Å². The minimum Gasteiger partial charge on any atom is -1.00 e. The van der Waals surface area contributed by atoms with Gasteiger partial charge in [0.25, 0.3) is 0 Å². The molecular weight excluding hydrogens is 1260 g/mol. The van der Waals surface area contributed by atoms with Crippen molar-refractivity contribution in [2.75, 3.05) is 12.3 Å². The van der Waals surface area contributed by atoms with Crippen molar-refractivity contribution in [2.24, 2.45) is 0 Å². The second-order valence-corrected chi connectivity index (χ2v) is 28.0. The normalized spacial score (nSPS) is 12.7. The third-order valence-corrected chi connectivity index (χ3v) is 20.8. The van der Waals surface area contributed by atoms with E-state index in [0.717, 1.165) is 44.3 Å². The minimum absolute atomic E-state index is 0. The molecule has 0 N–H and O–H groups in total. The van der Waals surface area contributed by atoms with E-state index in [4.69, 9.17) is 42.0 Å². The summed E-state index contributed by atoms with van der Waals surface area (Å²) < 4.78 is 0. The average Bonchev–Trinajstić information content (AvgIpc) is 4.26. The molecule has 10 heteroatoms. The van der Waals surface area contributed by atoms with E-state index in [9.17, 15) is 0 Å². The Morgan fingerprint density at radius 1 is 0.457 bits per heavy atom. The number of aromatic nitrogens is 2. The Bertz CT molecular complexity index is 3230. The largest absolute Gasteiger partial charge is 2.00 e. The molecule has 2 heterocycles. The number of pyridine rings is 2. The van der Waals surface area contributed by atoms with Gasteiger partial charge in [0.1, 0.15) is 0 Å². The Kier molecular flexibility index (Phi) is 29.2. The molecule has 81 heavy (non-hydrogen) atoms. The summed E-state index contributed by atoms with van der Waals surface area (Å²) in [7, 11) is 7.92. The van der Waals surface area contributed by atoms with Gasteiger partial charge in [-0.15, -0.1) is 0 Å². The van der Waals surface area contributed by atoms with Gasteiger partial charge in [0, 0.05) is 33.3 Å². The van der Waals surface area contributed by atoms with Gasteiger partial charge in [-0.1, -0.05) is 169 Å². The molecule has 2 saturated carbocycles. The van der Waals surface area contributed by atoms with Crippen LogP contribution < -0.4 is 45.2 Å². The summed E-state index contributed by atoms with van der Waals surface area (Å²) in [6.45, 7) is 8.51. The van der Waals surface area contributed by atoms with E-state index < -0.39 is 15.8 Å². The molecule has 8 aromatic carbocycles. The van der Waals surface area contributed by atoms with Gasteiger partial charge < -0.3 is 30.4 Å². The number of benzene rings is 8. The minimum atomic E-state index is -0.742. The molecule has 2 aromatic heterocycles. The van der Waals surface area contributed by atoms with Crippen LogP contribution in [-0.4, -0.2) is 45.3 Å². The van der Waals surface area contributed by atoms with E-state index in [1.165, 1.54) is 130 Å². The van der Waals surface area contributed by atoms with Gasteiger partial charge in [-0.2, -0.15) is 12.8 Å². The summed E-state index contributed by atoms with van der Waals surface area (Å²) in [4.78, 5) is 9.66. The van der Waals surface area contributed by atoms with Crippen molar-refractivity contribution >= 4 is 114 Å². The van der Waals surface area contributed by atoms with E-state index in [1.54, 1.807) is 0 Å². The molecule has 416 valence electrons. The molecule has 0 radical (unpaired) electrons. The maximum Gasteiger partial charge on any atom is 2.00 e. The second kappa shape index (κ2) is 35.6. The molecular formula is C71H74Cl3IMgN2NiP2+2. The van der Waals surface area contributed by atoms with Crippen molar-refractivity contribution in [3.05, 3.63) is 258 Å². The Labute approximate surface area is 539 Å². The fourth-order valence-corrected chi connectivity index (χ4v) is 16.9. The van der Waals surface area contributed by atoms with Crippen LogP contribution in [0.5, 0.6) is 0 Å². The van der Waals surface area contributed by atoms with Gasteiger partial charge in [0.2, 0.25) is 0 Å². The van der Waals surface area contributed by atoms with Crippen LogP contribution in [0.25, 0.3) is 44.3 Å². The van der Waals surface area contributed by atoms with Gasteiger partial charge in [-0.05, 0) is 161 Å². The first-order chi connectivity index (χ1) is 38.7. The van der Waals surface area contributed by atoms with Crippen molar-refractivity contribution in [3.63, 3.8) is 0 Å². The number of halogens is 4. The second-order valence-electron chi connectivity index (χ2n) is 20.7. The topological polar surface area (TPSA) is 25.8 Å². The van der Waals surface area contributed by atoms with Crippen LogP contribution in [0.15, 0.2) is 218 Å². The summed E-state index contributed by atoms with van der Waals surface area (Å²) in [5.74, 6) is 0.729. The molecule has 2 fully saturated rings. The molecule has 0 atom stereocenters. The molecule has 2 aliphatic rings. The molecule has 0 bridgehead atoms. The third kappa shape index (κ3) is 20.2. The fraction of sp³-hybridized carbons (Fsp3) is 0.225. The van der Waals surface area contributed by atoms with E-state index in [-0.39, 0.29) is 47.0 Å². The SMILES string of the molecule is Cc1cc(C)cc(-c2ccc3c(C4CCCC4)cccc3n2)c1.Cc1cc(C)cc(-c2ccc3c(Cl)cccc3n2)c1.[CH-]1CCCC1.[Cl][Ni][Cl].[I-].[Mg+2].c1ccc([PH+](CCC[PH+](c2ccccc2)c2ccccc2)c2ccccc2)cc1. The molecule has 0 aliphatic heterocycles. The molecule has 2 aliphatic carbocycles. The zero-order chi connectivity index (χ0) is 55.2. The maximum absolute atomic E-state index is 6.17. The molecule has 0 unspecified atom stereocenters. The van der Waals surface area contributed by atoms with E-state index in [0.29, 0.717) is 12.7 Å². The first-order valence-corrected chi connectivity index (χ1v) is 34.4. The van der Waals surface area contributed by atoms with Crippen molar-refractivity contribution in [1.29, 1.82) is 0 Å². The summed E-state index contributed by atoms with van der Waals surface area (Å²) in [5, 5.41) is 9.18. The quantitative estimate of drug-likeness (QED) is 0.0558. The Morgan fingerprint density at radius 3 is 1.21 bits per heavy atom. The van der Waals surface area contributed by atoms with Crippen molar-refractivity contribution < 1.29 is 36.6 Å². The number of hydrogen-bond acceptors (Lipinski definition) is 2. The summed E-state index contributed by atoms with van der Waals surface area (Å²) in [5.41, 5.74) is 13.1. The smallest absolute Gasteiger partial charge is 1.00 e. The number of nitrogens with zero attached hydrogens (tertiary/aromatic N) is 2. The third-order valence-electron chi connectivity index (χ3n) is 14.7. The summed E-state index contributed by atoms with van der Waals surface area (Å²) in [6.07, 6.45) is 17.2. The van der Waals surface area contributed by atoms with Gasteiger partial charge in [0.15, 0.2) is 0 Å². The Morgan fingerprint density at radius 2 is 0.827 bits per heavy atom. The van der Waals surface area contributed by atoms with Crippen molar-refractivity contribution in [2.45, 2.75) is 91.4 Å². The predicted molar refractivity (Wildman–Crippen MR) is 355 cm³/mol. The standard InChI is InChI=1S/C27H26P2.C22H23N.C17H14ClN.C5H9.2ClH.HI.Mg.Ni/c1-5-14-24(15-6-1)28(25-16-7-2-8-17-25)22-13-23-29(26-18-9-3-10-19-26)27-20-11-4-12-21-27;1-15-12-16(2)14-18(13-15)21-11-10-20-19(17-6-3-4-7-17)8-5-9-22(20)23-21;1-11-8-12(2)10-13(9-11)16-7-6-14-15(18)4-3-5-17(14)19-16;1-2-4-5-3-1;;;;;/h1-12,14-21H,13,22-23H2;5,8-14,17H,3-4,6-7H2,1-2H3;3-10H,1-2H3;1H,2-5H2;3*1H;;/q;;;-1;;;;2*+2/p-1. The van der Waals surface area contributed by atoms with Crippen LogP contribution in [0, 0.1) is 34.1 Å². The number of hydrogen-bond donors (Lipinski definition) is 0. The van der Waals surface area contributed by atoms with Crippen LogP contribution in [-0.2, 0) is 12.7 Å². The average molecular weight is 1330 g/mol. The number of rotatable bonds is 11. The van der Waals surface area contributed by atoms with Crippen LogP contribution in [0.4, 0.5) is 0 Å². The van der Waals surface area contributed by atoms with Gasteiger partial charge in [-0.3, -0.25) is 0 Å². The first kappa shape index (κ1) is 66.4. The van der Waals surface area contributed by atoms with Crippen LogP contribution in [0.2, 0.25) is 5.02 Å². The van der Waals surface area contributed by atoms with Crippen LogP contribution in [0.3, 0.4) is 0 Å². The van der Waals surface area contributed by atoms with Crippen molar-refractivity contribution in [1.82, 2.24) is 9.97 Å². The van der Waals surface area contributed by atoms with Crippen molar-refractivity contribution in [3.8, 4) is 22.5 Å². The molecule has 2 nitrogen and oxygen atoms in total. The van der Waals surface area contributed by atoms with E-state index >= 15 is 0 Å². The predicted octanol–water partition coefficient (Wildman–Crippen LogP) is 16.2. The van der Waals surface area contributed by atoms with Gasteiger partial charge >= 0.3 is 56.1 Å². The van der Waals surface area contributed by atoms with E-state index in [2.05, 4.69) is 222 Å². The molecule has 10 aromatic rings. The Balaban J connectivity index is 0.000000184. The van der Waals surface area contributed by atoms with Crippen LogP contribution in [0.1, 0.15) is 91.5 Å². The molecule has 12 rings (SSSR count). The molecule has 0 spiro atoms. The number of fused-ring (bicyclic) bond motifs is 2. The fourth-order valence-electron chi connectivity index (χ4n) is 11.1. The summed E-state index contributed by atoms with van der Waals surface area (Å²) >= 11 is 6.74. The molecule has 0 amide bonds. The number of aryl methyl sites for hydroxylation is 4. The summed E-state index contributed by atoms with van der Waals surface area (Å²) in [6, 6.07) is 78.7. The zero-order valence-corrected chi connectivity index (χ0v) is 56.0. The zero-order valence-electron chi connectivity index (χ0n) is 47.1.